The molecule has 0 atom stereocenters. The van der Waals surface area contributed by atoms with E-state index in [0.29, 0.717) is 22.3 Å². The number of nitro groups is 1. The number of nitrogens with zero attached hydrogens (tertiary/aromatic N) is 5. The van der Waals surface area contributed by atoms with Crippen molar-refractivity contribution < 1.29 is 9.72 Å². The summed E-state index contributed by atoms with van der Waals surface area (Å²) in [7, 11) is 0. The molecular formula is C22H20ClN5O3S. The van der Waals surface area contributed by atoms with Crippen molar-refractivity contribution in [3.63, 3.8) is 0 Å². The van der Waals surface area contributed by atoms with E-state index in [1.54, 1.807) is 29.6 Å². The standard InChI is InChI=1S/C22H20ClN5O3S/c1-15-18(23)7-8-19-21(15)25-22(32-19)27(11-2-10-26-12-9-24-14-26)20(29)13-16-3-5-17(6-4-16)28(30)31/h3-9,12,14H,2,10-11,13H2,1H3. The Bertz CT molecular complexity index is 1250. The van der Waals surface area contributed by atoms with Gasteiger partial charge in [0.15, 0.2) is 5.13 Å². The zero-order chi connectivity index (χ0) is 22.7. The number of aromatic nitrogens is 3. The van der Waals surface area contributed by atoms with Crippen molar-refractivity contribution in [3.8, 4) is 0 Å². The van der Waals surface area contributed by atoms with E-state index in [9.17, 15) is 14.9 Å². The highest BCUT2D eigenvalue weighted by Gasteiger charge is 2.21. The molecule has 0 saturated carbocycles. The van der Waals surface area contributed by atoms with Gasteiger partial charge in [0.05, 0.1) is 27.9 Å². The van der Waals surface area contributed by atoms with Crippen LogP contribution >= 0.6 is 22.9 Å². The number of nitro benzene ring substituents is 1. The summed E-state index contributed by atoms with van der Waals surface area (Å²) in [4.78, 5) is 34.2. The van der Waals surface area contributed by atoms with Crippen molar-refractivity contribution in [2.75, 3.05) is 11.4 Å². The van der Waals surface area contributed by atoms with Crippen molar-refractivity contribution in [2.45, 2.75) is 26.3 Å². The molecule has 0 radical (unpaired) electrons. The van der Waals surface area contributed by atoms with E-state index in [1.807, 2.05) is 29.8 Å². The van der Waals surface area contributed by atoms with Gasteiger partial charge in [-0.05, 0) is 36.6 Å². The van der Waals surface area contributed by atoms with Crippen LogP contribution in [0.1, 0.15) is 17.5 Å². The van der Waals surface area contributed by atoms with Crippen molar-refractivity contribution in [3.05, 3.63) is 81.4 Å². The van der Waals surface area contributed by atoms with Gasteiger partial charge in [0.1, 0.15) is 0 Å². The van der Waals surface area contributed by atoms with Gasteiger partial charge in [0, 0.05) is 42.6 Å². The maximum Gasteiger partial charge on any atom is 0.269 e. The Morgan fingerprint density at radius 3 is 2.72 bits per heavy atom. The molecule has 0 unspecified atom stereocenters. The van der Waals surface area contributed by atoms with Crippen molar-refractivity contribution in [2.24, 2.45) is 0 Å². The number of rotatable bonds is 8. The monoisotopic (exact) mass is 469 g/mol. The molecule has 1 amide bonds. The maximum absolute atomic E-state index is 13.3. The van der Waals surface area contributed by atoms with E-state index >= 15 is 0 Å². The van der Waals surface area contributed by atoms with Gasteiger partial charge >= 0.3 is 0 Å². The van der Waals surface area contributed by atoms with Crippen molar-refractivity contribution >= 4 is 49.9 Å². The molecule has 0 bridgehead atoms. The third-order valence-corrected chi connectivity index (χ3v) is 6.58. The Labute approximate surface area is 193 Å². The second kappa shape index (κ2) is 9.46. The maximum atomic E-state index is 13.3. The van der Waals surface area contributed by atoms with Gasteiger partial charge in [0.25, 0.3) is 5.69 Å². The van der Waals surface area contributed by atoms with Crippen LogP contribution in [0.4, 0.5) is 10.8 Å². The van der Waals surface area contributed by atoms with Crippen LogP contribution in [0.3, 0.4) is 0 Å². The molecule has 0 N–H and O–H groups in total. The summed E-state index contributed by atoms with van der Waals surface area (Å²) in [6.07, 6.45) is 6.19. The second-order valence-corrected chi connectivity index (χ2v) is 8.73. The van der Waals surface area contributed by atoms with Crippen LogP contribution in [-0.2, 0) is 17.8 Å². The molecule has 0 saturated heterocycles. The van der Waals surface area contributed by atoms with E-state index in [4.69, 9.17) is 16.6 Å². The molecule has 4 rings (SSSR count). The number of halogens is 1. The fourth-order valence-corrected chi connectivity index (χ4v) is 4.59. The lowest BCUT2D eigenvalue weighted by molar-refractivity contribution is -0.384. The van der Waals surface area contributed by atoms with Crippen LogP contribution in [0.25, 0.3) is 10.2 Å². The molecule has 0 fully saturated rings. The molecule has 0 aliphatic carbocycles. The first kappa shape index (κ1) is 21.9. The van der Waals surface area contributed by atoms with E-state index in [2.05, 4.69) is 4.98 Å². The average molecular weight is 470 g/mol. The summed E-state index contributed by atoms with van der Waals surface area (Å²) in [5, 5.41) is 12.1. The number of hydrogen-bond acceptors (Lipinski definition) is 6. The summed E-state index contributed by atoms with van der Waals surface area (Å²) in [5.41, 5.74) is 2.38. The topological polar surface area (TPSA) is 94.2 Å². The minimum Gasteiger partial charge on any atom is -0.337 e. The smallest absolute Gasteiger partial charge is 0.269 e. The van der Waals surface area contributed by atoms with Crippen LogP contribution in [0.5, 0.6) is 0 Å². The molecule has 0 spiro atoms. The molecule has 164 valence electrons. The Balaban J connectivity index is 1.58. The molecule has 2 aromatic heterocycles. The van der Waals surface area contributed by atoms with E-state index < -0.39 is 4.92 Å². The van der Waals surface area contributed by atoms with Gasteiger partial charge in [-0.15, -0.1) is 0 Å². The quantitative estimate of drug-likeness (QED) is 0.266. The first-order chi connectivity index (χ1) is 15.4. The number of carbonyl (C=O) groups is 1. The molecule has 4 aromatic rings. The minimum atomic E-state index is -0.456. The van der Waals surface area contributed by atoms with Gasteiger partial charge in [-0.2, -0.15) is 0 Å². The number of fused-ring (bicyclic) bond motifs is 1. The Kier molecular flexibility index (Phi) is 6.48. The molecular weight excluding hydrogens is 450 g/mol. The highest BCUT2D eigenvalue weighted by molar-refractivity contribution is 7.22. The van der Waals surface area contributed by atoms with Gasteiger partial charge in [-0.25, -0.2) is 9.97 Å². The van der Waals surface area contributed by atoms with Crippen LogP contribution in [0.2, 0.25) is 5.02 Å². The number of anilines is 1. The molecule has 2 aromatic carbocycles. The lowest BCUT2D eigenvalue weighted by Gasteiger charge is -2.20. The third-order valence-electron chi connectivity index (χ3n) is 5.13. The summed E-state index contributed by atoms with van der Waals surface area (Å²) < 4.78 is 2.92. The van der Waals surface area contributed by atoms with E-state index in [-0.39, 0.29) is 18.0 Å². The zero-order valence-corrected chi connectivity index (χ0v) is 18.8. The summed E-state index contributed by atoms with van der Waals surface area (Å²) in [6.45, 7) is 3.11. The van der Waals surface area contributed by atoms with Gasteiger partial charge < -0.3 is 4.57 Å². The summed E-state index contributed by atoms with van der Waals surface area (Å²) in [5.74, 6) is -0.118. The SMILES string of the molecule is Cc1c(Cl)ccc2sc(N(CCCn3ccnc3)C(=O)Cc3ccc([N+](=O)[O-])cc3)nc12. The van der Waals surface area contributed by atoms with Crippen LogP contribution < -0.4 is 4.90 Å². The van der Waals surface area contributed by atoms with E-state index in [1.165, 1.54) is 23.5 Å². The predicted octanol–water partition coefficient (Wildman–Crippen LogP) is 5.03. The van der Waals surface area contributed by atoms with E-state index in [0.717, 1.165) is 28.7 Å². The molecule has 0 aliphatic rings. The number of thiazole rings is 1. The molecule has 0 aliphatic heterocycles. The van der Waals surface area contributed by atoms with Crippen molar-refractivity contribution in [1.82, 2.24) is 14.5 Å². The first-order valence-corrected chi connectivity index (χ1v) is 11.2. The molecule has 10 heteroatoms. The number of hydrogen-bond donors (Lipinski definition) is 0. The van der Waals surface area contributed by atoms with Crippen molar-refractivity contribution in [1.29, 1.82) is 0 Å². The highest BCUT2D eigenvalue weighted by Crippen LogP contribution is 2.34. The number of imidazole rings is 1. The predicted molar refractivity (Wildman–Crippen MR) is 125 cm³/mol. The Hall–Kier alpha value is -3.30. The van der Waals surface area contributed by atoms with Crippen LogP contribution in [0, 0.1) is 17.0 Å². The Morgan fingerprint density at radius 1 is 1.25 bits per heavy atom. The number of carbonyl (C=O) groups excluding carboxylic acids is 1. The largest absolute Gasteiger partial charge is 0.337 e. The number of non-ortho nitro benzene ring substituents is 1. The number of aryl methyl sites for hydroxylation is 2. The zero-order valence-electron chi connectivity index (χ0n) is 17.3. The first-order valence-electron chi connectivity index (χ1n) is 9.97. The molecule has 32 heavy (non-hydrogen) atoms. The molecule has 2 heterocycles. The third kappa shape index (κ3) is 4.79. The van der Waals surface area contributed by atoms with Crippen LogP contribution in [-0.4, -0.2) is 31.9 Å². The number of amides is 1. The van der Waals surface area contributed by atoms with Crippen LogP contribution in [0.15, 0.2) is 55.1 Å². The van der Waals surface area contributed by atoms with Gasteiger partial charge in [-0.3, -0.25) is 19.8 Å². The number of benzene rings is 2. The fourth-order valence-electron chi connectivity index (χ4n) is 3.37. The lowest BCUT2D eigenvalue weighted by atomic mass is 10.1. The second-order valence-electron chi connectivity index (χ2n) is 7.32. The van der Waals surface area contributed by atoms with Gasteiger partial charge in [-0.1, -0.05) is 35.1 Å². The Morgan fingerprint density at radius 2 is 2.03 bits per heavy atom. The fraction of sp³-hybridized carbons (Fsp3) is 0.227. The summed E-state index contributed by atoms with van der Waals surface area (Å²) in [6, 6.07) is 9.80. The average Bonchev–Trinajstić information content (AvgIpc) is 3.44. The highest BCUT2D eigenvalue weighted by atomic mass is 35.5. The normalized spacial score (nSPS) is 11.1. The lowest BCUT2D eigenvalue weighted by Crippen LogP contribution is -2.33. The summed E-state index contributed by atoms with van der Waals surface area (Å²) >= 11 is 7.70. The molecule has 8 nitrogen and oxygen atoms in total. The van der Waals surface area contributed by atoms with Gasteiger partial charge in [0.2, 0.25) is 5.91 Å². The minimum absolute atomic E-state index is 0.00286.